The molecule has 0 amide bonds. The Morgan fingerprint density at radius 3 is 2.53 bits per heavy atom. The Morgan fingerprint density at radius 2 is 2.07 bits per heavy atom. The molecule has 0 heterocycles. The smallest absolute Gasteiger partial charge is 0.117 e. The predicted octanol–water partition coefficient (Wildman–Crippen LogP) is 3.59. The van der Waals surface area contributed by atoms with Gasteiger partial charge in [0, 0.05) is 11.8 Å². The molecule has 0 spiro atoms. The highest BCUT2D eigenvalue weighted by Gasteiger charge is 2.62. The summed E-state index contributed by atoms with van der Waals surface area (Å²) < 4.78 is 5.75. The lowest BCUT2D eigenvalue weighted by molar-refractivity contribution is 0.0117. The van der Waals surface area contributed by atoms with Crippen LogP contribution in [-0.4, -0.2) is 6.10 Å². The van der Waals surface area contributed by atoms with Crippen LogP contribution in [0.2, 0.25) is 0 Å². The maximum Gasteiger partial charge on any atom is 0.117 e. The van der Waals surface area contributed by atoms with Gasteiger partial charge in [-0.15, -0.1) is 0 Å². The molecule has 0 N–H and O–H groups in total. The molecular formula is C14H22O. The van der Waals surface area contributed by atoms with Crippen LogP contribution in [0, 0.1) is 28.8 Å². The number of ether oxygens (including phenoxy) is 1. The second kappa shape index (κ2) is 3.44. The molecule has 1 nitrogen and oxygen atoms in total. The largest absolute Gasteiger partial charge is 0.443 e. The molecule has 2 saturated carbocycles. The van der Waals surface area contributed by atoms with E-state index in [0.717, 1.165) is 12.3 Å². The SMILES string of the molecule is CCC#CO[C@@H]1C[C@@H]2CC[C@@]1(C)C2(C)C. The van der Waals surface area contributed by atoms with Crippen molar-refractivity contribution in [2.45, 2.75) is 59.5 Å². The second-order valence-corrected chi connectivity index (χ2v) is 5.85. The Labute approximate surface area is 93.6 Å². The van der Waals surface area contributed by atoms with E-state index in [2.05, 4.69) is 39.7 Å². The summed E-state index contributed by atoms with van der Waals surface area (Å²) in [6.45, 7) is 9.25. The lowest BCUT2D eigenvalue weighted by Crippen LogP contribution is -2.36. The van der Waals surface area contributed by atoms with Crippen LogP contribution in [0.1, 0.15) is 53.4 Å². The van der Waals surface area contributed by atoms with Gasteiger partial charge in [0.2, 0.25) is 0 Å². The zero-order valence-corrected chi connectivity index (χ0v) is 10.4. The molecule has 0 aromatic heterocycles. The molecule has 3 atom stereocenters. The molecule has 0 aromatic carbocycles. The minimum Gasteiger partial charge on any atom is -0.443 e. The molecule has 0 aromatic rings. The minimum absolute atomic E-state index is 0.347. The lowest BCUT2D eigenvalue weighted by atomic mass is 9.70. The summed E-state index contributed by atoms with van der Waals surface area (Å²) in [4.78, 5) is 0. The van der Waals surface area contributed by atoms with Gasteiger partial charge in [-0.2, -0.15) is 0 Å². The fourth-order valence-corrected chi connectivity index (χ4v) is 3.49. The Hall–Kier alpha value is -0.640. The standard InChI is InChI=1S/C14H22O/c1-5-6-9-15-12-10-11-7-8-14(12,4)13(11,2)3/h11-12H,5,7-8,10H2,1-4H3/t11-,12+,14+/m0/s1. The van der Waals surface area contributed by atoms with Crippen LogP contribution in [0.25, 0.3) is 0 Å². The molecule has 0 unspecified atom stereocenters. The first-order valence-electron chi connectivity index (χ1n) is 6.16. The average molecular weight is 206 g/mol. The summed E-state index contributed by atoms with van der Waals surface area (Å²) in [5.41, 5.74) is 0.783. The van der Waals surface area contributed by atoms with E-state index in [9.17, 15) is 0 Å². The summed E-state index contributed by atoms with van der Waals surface area (Å²) in [5, 5.41) is 0. The topological polar surface area (TPSA) is 9.23 Å². The van der Waals surface area contributed by atoms with Crippen LogP contribution in [0.4, 0.5) is 0 Å². The van der Waals surface area contributed by atoms with Gasteiger partial charge in [-0.3, -0.25) is 0 Å². The summed E-state index contributed by atoms with van der Waals surface area (Å²) in [7, 11) is 0. The van der Waals surface area contributed by atoms with E-state index in [0.29, 0.717) is 16.9 Å². The molecule has 84 valence electrons. The minimum atomic E-state index is 0.347. The summed E-state index contributed by atoms with van der Waals surface area (Å²) in [6, 6.07) is 0. The van der Waals surface area contributed by atoms with Crippen LogP contribution in [-0.2, 0) is 4.74 Å². The highest BCUT2D eigenvalue weighted by atomic mass is 16.5. The third kappa shape index (κ3) is 1.38. The van der Waals surface area contributed by atoms with E-state index >= 15 is 0 Å². The van der Waals surface area contributed by atoms with Crippen molar-refractivity contribution in [3.8, 4) is 12.0 Å². The van der Waals surface area contributed by atoms with Gasteiger partial charge < -0.3 is 4.74 Å². The molecule has 0 saturated heterocycles. The third-order valence-electron chi connectivity index (χ3n) is 5.16. The highest BCUT2D eigenvalue weighted by Crippen LogP contribution is 2.66. The number of hydrogen-bond donors (Lipinski definition) is 0. The molecule has 15 heavy (non-hydrogen) atoms. The first kappa shape index (κ1) is 10.9. The summed E-state index contributed by atoms with van der Waals surface area (Å²) >= 11 is 0. The zero-order valence-electron chi connectivity index (χ0n) is 10.4. The molecule has 2 aliphatic carbocycles. The van der Waals surface area contributed by atoms with Crippen molar-refractivity contribution in [1.82, 2.24) is 0 Å². The van der Waals surface area contributed by atoms with E-state index in [1.54, 1.807) is 0 Å². The van der Waals surface area contributed by atoms with Gasteiger partial charge in [-0.05, 0) is 30.6 Å². The van der Waals surface area contributed by atoms with Gasteiger partial charge in [-0.25, -0.2) is 0 Å². The first-order valence-corrected chi connectivity index (χ1v) is 6.16. The van der Waals surface area contributed by atoms with Gasteiger partial charge in [0.15, 0.2) is 0 Å². The van der Waals surface area contributed by atoms with Gasteiger partial charge in [-0.1, -0.05) is 33.6 Å². The van der Waals surface area contributed by atoms with Gasteiger partial charge in [0.25, 0.3) is 0 Å². The lowest BCUT2D eigenvalue weighted by Gasteiger charge is -2.37. The van der Waals surface area contributed by atoms with Crippen molar-refractivity contribution in [2.24, 2.45) is 16.7 Å². The van der Waals surface area contributed by atoms with Crippen LogP contribution < -0.4 is 0 Å². The van der Waals surface area contributed by atoms with Crippen molar-refractivity contribution in [1.29, 1.82) is 0 Å². The Kier molecular flexibility index (Phi) is 2.49. The number of rotatable bonds is 1. The molecule has 2 rings (SSSR count). The van der Waals surface area contributed by atoms with Gasteiger partial charge >= 0.3 is 0 Å². The van der Waals surface area contributed by atoms with E-state index in [1.165, 1.54) is 19.3 Å². The van der Waals surface area contributed by atoms with Crippen molar-refractivity contribution >= 4 is 0 Å². The normalized spacial score (nSPS) is 41.1. The Balaban J connectivity index is 2.12. The third-order valence-corrected chi connectivity index (χ3v) is 5.16. The fourth-order valence-electron chi connectivity index (χ4n) is 3.49. The van der Waals surface area contributed by atoms with Gasteiger partial charge in [0.05, 0.1) is 0 Å². The predicted molar refractivity (Wildman–Crippen MR) is 62.2 cm³/mol. The number of fused-ring (bicyclic) bond motifs is 2. The summed E-state index contributed by atoms with van der Waals surface area (Å²) in [5.74, 6) is 3.85. The number of hydrogen-bond acceptors (Lipinski definition) is 1. The highest BCUT2D eigenvalue weighted by molar-refractivity contribution is 5.12. The van der Waals surface area contributed by atoms with E-state index in [1.807, 2.05) is 0 Å². The Bertz CT molecular complexity index is 307. The van der Waals surface area contributed by atoms with Crippen molar-refractivity contribution in [3.63, 3.8) is 0 Å². The molecule has 0 radical (unpaired) electrons. The van der Waals surface area contributed by atoms with Crippen LogP contribution in [0.15, 0.2) is 0 Å². The molecule has 2 fully saturated rings. The average Bonchev–Trinajstić information content (AvgIpc) is 2.51. The molecule has 2 bridgehead atoms. The molecule has 0 aliphatic heterocycles. The molecular weight excluding hydrogens is 184 g/mol. The van der Waals surface area contributed by atoms with Crippen LogP contribution in [0.5, 0.6) is 0 Å². The fraction of sp³-hybridized carbons (Fsp3) is 0.857. The monoisotopic (exact) mass is 206 g/mol. The first-order chi connectivity index (χ1) is 7.02. The van der Waals surface area contributed by atoms with Crippen molar-refractivity contribution in [3.05, 3.63) is 0 Å². The van der Waals surface area contributed by atoms with Crippen molar-refractivity contribution < 1.29 is 4.74 Å². The molecule has 1 heteroatoms. The van der Waals surface area contributed by atoms with E-state index in [4.69, 9.17) is 4.74 Å². The second-order valence-electron chi connectivity index (χ2n) is 5.85. The van der Waals surface area contributed by atoms with Crippen LogP contribution in [0.3, 0.4) is 0 Å². The molecule has 2 aliphatic rings. The van der Waals surface area contributed by atoms with E-state index < -0.39 is 0 Å². The van der Waals surface area contributed by atoms with Crippen LogP contribution >= 0.6 is 0 Å². The van der Waals surface area contributed by atoms with Crippen molar-refractivity contribution in [2.75, 3.05) is 0 Å². The Morgan fingerprint density at radius 1 is 1.33 bits per heavy atom. The maximum atomic E-state index is 5.75. The van der Waals surface area contributed by atoms with E-state index in [-0.39, 0.29) is 0 Å². The maximum absolute atomic E-state index is 5.75. The summed E-state index contributed by atoms with van der Waals surface area (Å²) in [6.07, 6.45) is 8.02. The quantitative estimate of drug-likeness (QED) is 0.596. The van der Waals surface area contributed by atoms with Gasteiger partial charge in [0.1, 0.15) is 12.2 Å². The zero-order chi connectivity index (χ0) is 11.1.